The minimum absolute atomic E-state index is 0.237. The fourth-order valence-electron chi connectivity index (χ4n) is 1.14. The van der Waals surface area contributed by atoms with Gasteiger partial charge in [0.2, 0.25) is 0 Å². The Labute approximate surface area is 96.2 Å². The number of Topliss-reactive ketones (excluding diaryl/α,β-unsaturated/α-hetero) is 1. The molecule has 0 amide bonds. The third kappa shape index (κ3) is 3.47. The summed E-state index contributed by atoms with van der Waals surface area (Å²) in [5.74, 6) is -1.48. The average Bonchev–Trinajstić information content (AvgIpc) is 2.17. The number of carboxylic acids is 1. The molecule has 0 aliphatic rings. The lowest BCUT2D eigenvalue weighted by atomic mass is 10.1. The molecule has 0 fully saturated rings. The van der Waals surface area contributed by atoms with E-state index in [2.05, 4.69) is 15.9 Å². The van der Waals surface area contributed by atoms with Gasteiger partial charge in [0, 0.05) is 18.0 Å². The molecule has 0 bridgehead atoms. The molecule has 1 rings (SSSR count). The third-order valence-corrected chi connectivity index (χ3v) is 2.71. The zero-order chi connectivity index (χ0) is 11.4. The van der Waals surface area contributed by atoms with Crippen molar-refractivity contribution in [3.8, 4) is 0 Å². The number of alkyl halides is 1. The first kappa shape index (κ1) is 11.9. The highest BCUT2D eigenvalue weighted by molar-refractivity contribution is 9.10. The van der Waals surface area contributed by atoms with Gasteiger partial charge in [-0.1, -0.05) is 45.8 Å². The number of ketones is 1. The summed E-state index contributed by atoms with van der Waals surface area (Å²) >= 11 is 3.03. The predicted molar refractivity (Wildman–Crippen MR) is 57.8 cm³/mol. The maximum atomic E-state index is 11.7. The predicted octanol–water partition coefficient (Wildman–Crippen LogP) is 1.08. The van der Waals surface area contributed by atoms with Crippen LogP contribution in [0.15, 0.2) is 24.3 Å². The van der Waals surface area contributed by atoms with Crippen LogP contribution in [-0.4, -0.2) is 16.6 Å². The molecule has 80 valence electrons. The number of carboxylic acid groups (broad SMARTS) is 1. The molecule has 0 unspecified atom stereocenters. The molecule has 0 heterocycles. The number of benzene rings is 1. The molecule has 0 aliphatic heterocycles. The normalized spacial score (nSPS) is 12.1. The maximum absolute atomic E-state index is 11.7. The molecule has 0 aromatic heterocycles. The highest BCUT2D eigenvalue weighted by Crippen LogP contribution is 2.13. The quantitative estimate of drug-likeness (QED) is 0.607. The molecule has 3 nitrogen and oxygen atoms in total. The van der Waals surface area contributed by atoms with Crippen LogP contribution in [0.25, 0.3) is 0 Å². The fraction of sp³-hybridized carbons (Fsp3) is 0.273. The molecular formula is C11H10BrO3-. The van der Waals surface area contributed by atoms with Crippen molar-refractivity contribution in [3.63, 3.8) is 0 Å². The Kier molecular flexibility index (Phi) is 4.03. The van der Waals surface area contributed by atoms with E-state index in [0.29, 0.717) is 5.56 Å². The zero-order valence-corrected chi connectivity index (χ0v) is 9.78. The largest absolute Gasteiger partial charge is 0.550 e. The van der Waals surface area contributed by atoms with Crippen LogP contribution >= 0.6 is 15.9 Å². The number of carbonyl (C=O) groups is 2. The van der Waals surface area contributed by atoms with Gasteiger partial charge < -0.3 is 9.90 Å². The van der Waals surface area contributed by atoms with Gasteiger partial charge in [-0.05, 0) is 6.92 Å². The van der Waals surface area contributed by atoms with Crippen LogP contribution < -0.4 is 5.11 Å². The lowest BCUT2D eigenvalue weighted by Gasteiger charge is -2.09. The highest BCUT2D eigenvalue weighted by Gasteiger charge is 2.16. The SMILES string of the molecule is Cc1ccc(C(=O)[C@H](Br)CC(=O)[O-])cc1. The van der Waals surface area contributed by atoms with E-state index in [1.807, 2.05) is 19.1 Å². The van der Waals surface area contributed by atoms with Crippen molar-refractivity contribution >= 4 is 27.7 Å². The summed E-state index contributed by atoms with van der Waals surface area (Å²) in [6.07, 6.45) is -0.313. The second-order valence-electron chi connectivity index (χ2n) is 3.27. The van der Waals surface area contributed by atoms with E-state index < -0.39 is 10.8 Å². The molecule has 15 heavy (non-hydrogen) atoms. The van der Waals surface area contributed by atoms with E-state index in [-0.39, 0.29) is 12.2 Å². The number of hydrogen-bond donors (Lipinski definition) is 0. The molecular weight excluding hydrogens is 260 g/mol. The van der Waals surface area contributed by atoms with Gasteiger partial charge in [-0.2, -0.15) is 0 Å². The van der Waals surface area contributed by atoms with E-state index in [1.165, 1.54) is 0 Å². The third-order valence-electron chi connectivity index (χ3n) is 1.97. The molecule has 0 spiro atoms. The molecule has 0 radical (unpaired) electrons. The Bertz CT molecular complexity index is 370. The molecule has 1 atom stereocenters. The van der Waals surface area contributed by atoms with E-state index in [9.17, 15) is 14.7 Å². The first-order valence-electron chi connectivity index (χ1n) is 4.45. The summed E-state index contributed by atoms with van der Waals surface area (Å²) in [6, 6.07) is 6.99. The molecule has 0 aliphatic carbocycles. The number of halogens is 1. The number of rotatable bonds is 4. The van der Waals surface area contributed by atoms with Crippen LogP contribution in [0.5, 0.6) is 0 Å². The monoisotopic (exact) mass is 269 g/mol. The van der Waals surface area contributed by atoms with Gasteiger partial charge in [0.05, 0.1) is 4.83 Å². The fourth-order valence-corrected chi connectivity index (χ4v) is 1.67. The van der Waals surface area contributed by atoms with Crippen LogP contribution in [0.4, 0.5) is 0 Å². The highest BCUT2D eigenvalue weighted by atomic mass is 79.9. The van der Waals surface area contributed by atoms with E-state index in [4.69, 9.17) is 0 Å². The van der Waals surface area contributed by atoms with Crippen LogP contribution in [0, 0.1) is 6.92 Å². The van der Waals surface area contributed by atoms with Crippen molar-refractivity contribution in [2.45, 2.75) is 18.2 Å². The first-order valence-corrected chi connectivity index (χ1v) is 5.37. The minimum Gasteiger partial charge on any atom is -0.550 e. The molecule has 1 aromatic rings. The van der Waals surface area contributed by atoms with Crippen molar-refractivity contribution in [1.29, 1.82) is 0 Å². The van der Waals surface area contributed by atoms with Gasteiger partial charge in [0.25, 0.3) is 0 Å². The molecule has 0 saturated heterocycles. The number of carbonyl (C=O) groups excluding carboxylic acids is 2. The van der Waals surface area contributed by atoms with E-state index in [0.717, 1.165) is 5.56 Å². The van der Waals surface area contributed by atoms with Crippen molar-refractivity contribution < 1.29 is 14.7 Å². The first-order chi connectivity index (χ1) is 7.00. The molecule has 1 aromatic carbocycles. The van der Waals surface area contributed by atoms with Gasteiger partial charge in [-0.25, -0.2) is 0 Å². The topological polar surface area (TPSA) is 57.2 Å². The summed E-state index contributed by atoms with van der Waals surface area (Å²) in [5, 5.41) is 10.3. The average molecular weight is 270 g/mol. The summed E-state index contributed by atoms with van der Waals surface area (Å²) in [5.41, 5.74) is 1.56. The van der Waals surface area contributed by atoms with E-state index >= 15 is 0 Å². The summed E-state index contributed by atoms with van der Waals surface area (Å²) in [7, 11) is 0. The van der Waals surface area contributed by atoms with Crippen LogP contribution in [0.2, 0.25) is 0 Å². The Morgan fingerprint density at radius 1 is 1.33 bits per heavy atom. The van der Waals surface area contributed by atoms with Crippen molar-refractivity contribution in [3.05, 3.63) is 35.4 Å². The lowest BCUT2D eigenvalue weighted by Crippen LogP contribution is -2.28. The Morgan fingerprint density at radius 3 is 2.33 bits per heavy atom. The number of hydrogen-bond acceptors (Lipinski definition) is 3. The van der Waals surface area contributed by atoms with Gasteiger partial charge in [-0.3, -0.25) is 4.79 Å². The smallest absolute Gasteiger partial charge is 0.176 e. The Hall–Kier alpha value is -1.16. The van der Waals surface area contributed by atoms with Crippen molar-refractivity contribution in [2.75, 3.05) is 0 Å². The summed E-state index contributed by atoms with van der Waals surface area (Å²) in [4.78, 5) is 21.2. The van der Waals surface area contributed by atoms with E-state index in [1.54, 1.807) is 12.1 Å². The van der Waals surface area contributed by atoms with Gasteiger partial charge in [-0.15, -0.1) is 0 Å². The zero-order valence-electron chi connectivity index (χ0n) is 8.20. The Morgan fingerprint density at radius 2 is 1.87 bits per heavy atom. The number of aliphatic carboxylic acids is 1. The minimum atomic E-state index is -1.24. The second-order valence-corrected chi connectivity index (χ2v) is 4.38. The van der Waals surface area contributed by atoms with Crippen LogP contribution in [0.1, 0.15) is 22.3 Å². The Balaban J connectivity index is 2.76. The standard InChI is InChI=1S/C11H11BrO3/c1-7-2-4-8(5-3-7)11(15)9(12)6-10(13)14/h2-5,9H,6H2,1H3,(H,13,14)/p-1/t9-/m1/s1. The second kappa shape index (κ2) is 5.07. The summed E-state index contributed by atoms with van der Waals surface area (Å²) < 4.78 is 0. The van der Waals surface area contributed by atoms with Crippen LogP contribution in [0.3, 0.4) is 0 Å². The number of aryl methyl sites for hydroxylation is 1. The molecule has 4 heteroatoms. The van der Waals surface area contributed by atoms with Gasteiger partial charge >= 0.3 is 0 Å². The maximum Gasteiger partial charge on any atom is 0.176 e. The molecule has 0 saturated carbocycles. The summed E-state index contributed by atoms with van der Waals surface area (Å²) in [6.45, 7) is 1.92. The van der Waals surface area contributed by atoms with Crippen molar-refractivity contribution in [2.24, 2.45) is 0 Å². The van der Waals surface area contributed by atoms with Gasteiger partial charge in [0.15, 0.2) is 5.78 Å². The van der Waals surface area contributed by atoms with Gasteiger partial charge in [0.1, 0.15) is 0 Å². The van der Waals surface area contributed by atoms with Crippen LogP contribution in [-0.2, 0) is 4.79 Å². The lowest BCUT2D eigenvalue weighted by molar-refractivity contribution is -0.305. The van der Waals surface area contributed by atoms with Crippen molar-refractivity contribution in [1.82, 2.24) is 0 Å². The molecule has 0 N–H and O–H groups in total.